The number of hydrogen-bond acceptors (Lipinski definition) is 5. The van der Waals surface area contributed by atoms with Crippen LogP contribution in [0.15, 0.2) is 63.8 Å². The van der Waals surface area contributed by atoms with Crippen molar-refractivity contribution in [1.82, 2.24) is 4.98 Å². The highest BCUT2D eigenvalue weighted by molar-refractivity contribution is 7.89. The van der Waals surface area contributed by atoms with Gasteiger partial charge in [0.1, 0.15) is 4.90 Å². The summed E-state index contributed by atoms with van der Waals surface area (Å²) in [5, 5.41) is 12.8. The molecule has 7 heteroatoms. The van der Waals surface area contributed by atoms with E-state index in [0.717, 1.165) is 11.8 Å². The topological polar surface area (TPSA) is 97.8 Å². The van der Waals surface area contributed by atoms with Crippen LogP contribution >= 0.6 is 0 Å². The molecular formula is C12H12N4O2S. The fraction of sp³-hybridized carbons (Fsp3) is 0.0833. The molecule has 0 amide bonds. The van der Waals surface area contributed by atoms with Gasteiger partial charge in [0.05, 0.1) is 6.54 Å². The van der Waals surface area contributed by atoms with E-state index in [0.29, 0.717) is 12.4 Å². The average Bonchev–Trinajstić information content (AvgIpc) is 2.39. The van der Waals surface area contributed by atoms with Gasteiger partial charge in [-0.05, 0) is 17.7 Å². The van der Waals surface area contributed by atoms with Gasteiger partial charge in [-0.2, -0.15) is 5.11 Å². The van der Waals surface area contributed by atoms with Crippen molar-refractivity contribution in [3.63, 3.8) is 0 Å². The Labute approximate surface area is 111 Å². The quantitative estimate of drug-likeness (QED) is 0.865. The summed E-state index contributed by atoms with van der Waals surface area (Å²) < 4.78 is 22.1. The minimum Gasteiger partial charge on any atom is -0.234 e. The van der Waals surface area contributed by atoms with Crippen LogP contribution in [0.1, 0.15) is 5.56 Å². The molecule has 2 rings (SSSR count). The van der Waals surface area contributed by atoms with Crippen molar-refractivity contribution in [3.8, 4) is 0 Å². The summed E-state index contributed by atoms with van der Waals surface area (Å²) in [6.07, 6.45) is 1.16. The summed E-state index contributed by atoms with van der Waals surface area (Å²) in [5.41, 5.74) is 1.03. The molecule has 0 bridgehead atoms. The lowest BCUT2D eigenvalue weighted by Crippen LogP contribution is -2.12. The lowest BCUT2D eigenvalue weighted by Gasteiger charge is -1.97. The Morgan fingerprint density at radius 3 is 2.42 bits per heavy atom. The van der Waals surface area contributed by atoms with Gasteiger partial charge < -0.3 is 0 Å². The van der Waals surface area contributed by atoms with Gasteiger partial charge in [0, 0.05) is 6.20 Å². The van der Waals surface area contributed by atoms with Crippen molar-refractivity contribution in [2.24, 2.45) is 15.4 Å². The molecule has 0 fully saturated rings. The lowest BCUT2D eigenvalue weighted by atomic mass is 10.2. The number of aromatic nitrogens is 1. The smallest absolute Gasteiger partial charge is 0.234 e. The molecule has 1 aromatic carbocycles. The third-order valence-electron chi connectivity index (χ3n) is 2.32. The van der Waals surface area contributed by atoms with E-state index in [1.807, 2.05) is 30.3 Å². The first kappa shape index (κ1) is 13.3. The van der Waals surface area contributed by atoms with Gasteiger partial charge in [-0.3, -0.25) is 0 Å². The molecule has 19 heavy (non-hydrogen) atoms. The van der Waals surface area contributed by atoms with Crippen molar-refractivity contribution < 1.29 is 8.42 Å². The molecule has 0 saturated carbocycles. The number of rotatable bonds is 4. The zero-order valence-corrected chi connectivity index (χ0v) is 10.8. The molecule has 0 aliphatic heterocycles. The van der Waals surface area contributed by atoms with E-state index in [1.54, 1.807) is 0 Å². The summed E-state index contributed by atoms with van der Waals surface area (Å²) in [6.45, 7) is 0.444. The Hall–Kier alpha value is -2.12. The number of sulfonamides is 1. The third kappa shape index (κ3) is 3.94. The SMILES string of the molecule is NS(=O)(=O)c1ccc(N=NCc2ccccc2)nc1. The molecule has 0 saturated heterocycles. The standard InChI is InChI=1S/C12H12N4O2S/c13-19(17,18)11-6-7-12(14-9-11)16-15-8-10-4-2-1-3-5-10/h1-7,9H,8H2,(H2,13,17,18). The summed E-state index contributed by atoms with van der Waals surface area (Å²) in [6, 6.07) is 12.4. The van der Waals surface area contributed by atoms with E-state index < -0.39 is 10.0 Å². The largest absolute Gasteiger partial charge is 0.239 e. The van der Waals surface area contributed by atoms with Crippen molar-refractivity contribution in [3.05, 3.63) is 54.2 Å². The van der Waals surface area contributed by atoms with Crippen LogP contribution in [0.4, 0.5) is 5.82 Å². The molecule has 0 aliphatic rings. The summed E-state index contributed by atoms with van der Waals surface area (Å²) in [5.74, 6) is 0.336. The van der Waals surface area contributed by atoms with Crippen molar-refractivity contribution in [2.45, 2.75) is 11.4 Å². The Bertz CT molecular complexity index is 667. The van der Waals surface area contributed by atoms with E-state index in [2.05, 4.69) is 15.2 Å². The Morgan fingerprint density at radius 2 is 1.84 bits per heavy atom. The second kappa shape index (κ2) is 5.68. The monoisotopic (exact) mass is 276 g/mol. The van der Waals surface area contributed by atoms with Gasteiger partial charge in [-0.25, -0.2) is 18.5 Å². The fourth-order valence-corrected chi connectivity index (χ4v) is 1.83. The first-order valence-electron chi connectivity index (χ1n) is 5.46. The molecule has 1 aromatic heterocycles. The Morgan fingerprint density at radius 1 is 1.11 bits per heavy atom. The maximum absolute atomic E-state index is 11.0. The van der Waals surface area contributed by atoms with E-state index in [4.69, 9.17) is 5.14 Å². The van der Waals surface area contributed by atoms with Crippen LogP contribution in [0.2, 0.25) is 0 Å². The number of nitrogens with two attached hydrogens (primary N) is 1. The predicted octanol–water partition coefficient (Wildman–Crippen LogP) is 2.01. The summed E-state index contributed by atoms with van der Waals surface area (Å²) in [4.78, 5) is 3.81. The van der Waals surface area contributed by atoms with E-state index in [-0.39, 0.29) is 4.90 Å². The molecule has 2 N–H and O–H groups in total. The zero-order chi connectivity index (χ0) is 13.7. The average molecular weight is 276 g/mol. The maximum atomic E-state index is 11.0. The van der Waals surface area contributed by atoms with Gasteiger partial charge >= 0.3 is 0 Å². The molecule has 0 spiro atoms. The molecule has 0 aliphatic carbocycles. The maximum Gasteiger partial charge on any atom is 0.239 e. The van der Waals surface area contributed by atoms with Gasteiger partial charge in [-0.15, -0.1) is 5.11 Å². The van der Waals surface area contributed by atoms with Crippen LogP contribution in [-0.4, -0.2) is 13.4 Å². The number of benzene rings is 1. The Kier molecular flexibility index (Phi) is 3.98. The third-order valence-corrected chi connectivity index (χ3v) is 3.22. The van der Waals surface area contributed by atoms with Gasteiger partial charge in [-0.1, -0.05) is 30.3 Å². The number of pyridine rings is 1. The van der Waals surface area contributed by atoms with Crippen LogP contribution in [0.5, 0.6) is 0 Å². The number of azo groups is 1. The normalized spacial score (nSPS) is 11.8. The van der Waals surface area contributed by atoms with Crippen LogP contribution in [-0.2, 0) is 16.6 Å². The minimum absolute atomic E-state index is 0.0468. The minimum atomic E-state index is -3.72. The second-order valence-electron chi connectivity index (χ2n) is 3.78. The molecular weight excluding hydrogens is 264 g/mol. The number of hydrogen-bond donors (Lipinski definition) is 1. The molecule has 98 valence electrons. The first-order valence-corrected chi connectivity index (χ1v) is 7.00. The second-order valence-corrected chi connectivity index (χ2v) is 5.34. The van der Waals surface area contributed by atoms with Crippen LogP contribution in [0.3, 0.4) is 0 Å². The molecule has 0 radical (unpaired) electrons. The van der Waals surface area contributed by atoms with E-state index in [1.165, 1.54) is 12.1 Å². The van der Waals surface area contributed by atoms with Crippen molar-refractivity contribution in [2.75, 3.05) is 0 Å². The molecule has 2 aromatic rings. The van der Waals surface area contributed by atoms with Crippen LogP contribution in [0.25, 0.3) is 0 Å². The molecule has 0 unspecified atom stereocenters. The molecule has 0 atom stereocenters. The van der Waals surface area contributed by atoms with Gasteiger partial charge in [0.2, 0.25) is 10.0 Å². The highest BCUT2D eigenvalue weighted by atomic mass is 32.2. The van der Waals surface area contributed by atoms with Gasteiger partial charge in [0.25, 0.3) is 0 Å². The summed E-state index contributed by atoms with van der Waals surface area (Å²) in [7, 11) is -3.72. The van der Waals surface area contributed by atoms with Crippen molar-refractivity contribution >= 4 is 15.8 Å². The fourth-order valence-electron chi connectivity index (χ4n) is 1.37. The highest BCUT2D eigenvalue weighted by Gasteiger charge is 2.07. The molecule has 1 heterocycles. The van der Waals surface area contributed by atoms with E-state index >= 15 is 0 Å². The predicted molar refractivity (Wildman–Crippen MR) is 70.3 cm³/mol. The lowest BCUT2D eigenvalue weighted by molar-refractivity contribution is 0.597. The van der Waals surface area contributed by atoms with Crippen molar-refractivity contribution in [1.29, 1.82) is 0 Å². The number of nitrogens with zero attached hydrogens (tertiary/aromatic N) is 3. The number of primary sulfonamides is 1. The highest BCUT2D eigenvalue weighted by Crippen LogP contribution is 2.12. The molecule has 6 nitrogen and oxygen atoms in total. The van der Waals surface area contributed by atoms with Crippen LogP contribution in [0, 0.1) is 0 Å². The van der Waals surface area contributed by atoms with E-state index in [9.17, 15) is 8.42 Å². The van der Waals surface area contributed by atoms with Crippen LogP contribution < -0.4 is 5.14 Å². The first-order chi connectivity index (χ1) is 9.05. The van der Waals surface area contributed by atoms with Gasteiger partial charge in [0.15, 0.2) is 5.82 Å². The zero-order valence-electron chi connectivity index (χ0n) is 9.97. The summed E-state index contributed by atoms with van der Waals surface area (Å²) >= 11 is 0. The Balaban J connectivity index is 2.04.